The van der Waals surface area contributed by atoms with Crippen LogP contribution in [0.15, 0.2) is 99.6 Å². The maximum absolute atomic E-state index is 11.1. The standard InChI is InChI=1S/C24H22N6O2/c25-30-29-24-20-9-5-4-8-19(20)17(10-13-23(31)32)14-22(24)28-27-18-11-12-21(26-15-18)16-6-2-1-3-7-16/h1-9,11-12,14-15,22,24H,10,13H2,(H2,25,29)(H,31,32)/b28-27+. The maximum atomic E-state index is 11.1. The molecule has 160 valence electrons. The van der Waals surface area contributed by atoms with E-state index in [1.807, 2.05) is 72.8 Å². The molecule has 0 saturated carbocycles. The molecule has 0 amide bonds. The minimum absolute atomic E-state index is 0.0258. The topological polar surface area (TPSA) is 126 Å². The SMILES string of the molecule is NN=NC1c2ccccc2C(CCC(=O)O)=CC1/N=N/c1ccc(-c2ccccc2)nc1. The number of nitrogens with zero attached hydrogens (tertiary/aromatic N) is 5. The molecule has 0 aliphatic heterocycles. The van der Waals surface area contributed by atoms with Crippen LogP contribution >= 0.6 is 0 Å². The molecule has 0 spiro atoms. The van der Waals surface area contributed by atoms with Gasteiger partial charge in [-0.3, -0.25) is 9.78 Å². The Morgan fingerprint density at radius 3 is 2.50 bits per heavy atom. The summed E-state index contributed by atoms with van der Waals surface area (Å²) in [4.78, 5) is 15.6. The summed E-state index contributed by atoms with van der Waals surface area (Å²) in [6.07, 6.45) is 3.98. The van der Waals surface area contributed by atoms with Crippen LogP contribution in [0.2, 0.25) is 0 Å². The Morgan fingerprint density at radius 1 is 1.00 bits per heavy atom. The van der Waals surface area contributed by atoms with Crippen LogP contribution in [0, 0.1) is 0 Å². The van der Waals surface area contributed by atoms with E-state index in [2.05, 4.69) is 25.5 Å². The van der Waals surface area contributed by atoms with E-state index >= 15 is 0 Å². The Hall–Kier alpha value is -4.20. The lowest BCUT2D eigenvalue weighted by molar-refractivity contribution is -0.136. The van der Waals surface area contributed by atoms with Gasteiger partial charge in [0, 0.05) is 12.0 Å². The minimum Gasteiger partial charge on any atom is -0.481 e. The van der Waals surface area contributed by atoms with E-state index in [-0.39, 0.29) is 6.42 Å². The fourth-order valence-corrected chi connectivity index (χ4v) is 3.74. The molecule has 1 heterocycles. The van der Waals surface area contributed by atoms with Gasteiger partial charge < -0.3 is 10.9 Å². The number of aliphatic carboxylic acids is 1. The summed E-state index contributed by atoms with van der Waals surface area (Å²) in [6, 6.07) is 20.4. The third-order valence-corrected chi connectivity index (χ3v) is 5.24. The van der Waals surface area contributed by atoms with E-state index in [1.54, 1.807) is 6.20 Å². The van der Waals surface area contributed by atoms with Crippen molar-refractivity contribution >= 4 is 17.2 Å². The van der Waals surface area contributed by atoms with Crippen molar-refractivity contribution in [1.29, 1.82) is 0 Å². The predicted molar refractivity (Wildman–Crippen MR) is 121 cm³/mol. The lowest BCUT2D eigenvalue weighted by atomic mass is 9.83. The molecule has 2 aromatic carbocycles. The smallest absolute Gasteiger partial charge is 0.303 e. The van der Waals surface area contributed by atoms with Crippen molar-refractivity contribution < 1.29 is 9.90 Å². The van der Waals surface area contributed by atoms with Crippen molar-refractivity contribution in [2.45, 2.75) is 24.9 Å². The fourth-order valence-electron chi connectivity index (χ4n) is 3.74. The van der Waals surface area contributed by atoms with Crippen LogP contribution in [0.5, 0.6) is 0 Å². The number of carboxylic acid groups (broad SMARTS) is 1. The summed E-state index contributed by atoms with van der Waals surface area (Å²) in [5.74, 6) is 4.52. The van der Waals surface area contributed by atoms with Gasteiger partial charge >= 0.3 is 5.97 Å². The number of pyridine rings is 1. The van der Waals surface area contributed by atoms with Crippen LogP contribution in [0.25, 0.3) is 16.8 Å². The summed E-state index contributed by atoms with van der Waals surface area (Å²) in [6.45, 7) is 0. The summed E-state index contributed by atoms with van der Waals surface area (Å²) in [5.41, 5.74) is 5.20. The molecule has 4 rings (SSSR count). The molecule has 8 heteroatoms. The molecule has 0 saturated heterocycles. The lowest BCUT2D eigenvalue weighted by Gasteiger charge is -2.26. The fraction of sp³-hybridized carbons (Fsp3) is 0.167. The highest BCUT2D eigenvalue weighted by molar-refractivity contribution is 5.76. The molecule has 2 unspecified atom stereocenters. The van der Waals surface area contributed by atoms with Gasteiger partial charge in [-0.25, -0.2) is 0 Å². The van der Waals surface area contributed by atoms with Crippen LogP contribution in [-0.2, 0) is 4.79 Å². The van der Waals surface area contributed by atoms with E-state index in [0.717, 1.165) is 28.0 Å². The highest BCUT2D eigenvalue weighted by Crippen LogP contribution is 2.39. The third-order valence-electron chi connectivity index (χ3n) is 5.24. The van der Waals surface area contributed by atoms with Gasteiger partial charge in [0.25, 0.3) is 0 Å². The zero-order valence-corrected chi connectivity index (χ0v) is 17.2. The molecular weight excluding hydrogens is 404 g/mol. The number of nitrogens with two attached hydrogens (primary N) is 1. The largest absolute Gasteiger partial charge is 0.481 e. The van der Waals surface area contributed by atoms with E-state index in [9.17, 15) is 4.79 Å². The second-order valence-electron chi connectivity index (χ2n) is 7.32. The highest BCUT2D eigenvalue weighted by atomic mass is 16.4. The van der Waals surface area contributed by atoms with Crippen LogP contribution in [0.3, 0.4) is 0 Å². The van der Waals surface area contributed by atoms with E-state index in [1.165, 1.54) is 0 Å². The number of benzene rings is 2. The quantitative estimate of drug-likeness (QED) is 0.292. The molecule has 8 nitrogen and oxygen atoms in total. The number of hydrogen-bond acceptors (Lipinski definition) is 6. The van der Waals surface area contributed by atoms with E-state index in [4.69, 9.17) is 10.9 Å². The first-order valence-corrected chi connectivity index (χ1v) is 10.2. The normalized spacial score (nSPS) is 17.9. The highest BCUT2D eigenvalue weighted by Gasteiger charge is 2.30. The van der Waals surface area contributed by atoms with E-state index in [0.29, 0.717) is 12.1 Å². The molecule has 2 atom stereocenters. The van der Waals surface area contributed by atoms with Gasteiger partial charge in [0.15, 0.2) is 0 Å². The molecule has 3 N–H and O–H groups in total. The van der Waals surface area contributed by atoms with Crippen molar-refractivity contribution in [2.24, 2.45) is 26.4 Å². The number of fused-ring (bicyclic) bond motifs is 1. The second-order valence-corrected chi connectivity index (χ2v) is 7.32. The number of aromatic nitrogens is 1. The monoisotopic (exact) mass is 426 g/mol. The van der Waals surface area contributed by atoms with Crippen LogP contribution in [0.1, 0.15) is 30.0 Å². The number of carbonyl (C=O) groups is 1. The average Bonchev–Trinajstić information content (AvgIpc) is 2.83. The van der Waals surface area contributed by atoms with Crippen LogP contribution in [-0.4, -0.2) is 22.1 Å². The Balaban J connectivity index is 1.62. The Bertz CT molecular complexity index is 1170. The number of rotatable bonds is 7. The minimum atomic E-state index is -0.852. The van der Waals surface area contributed by atoms with Gasteiger partial charge in [-0.05, 0) is 35.3 Å². The van der Waals surface area contributed by atoms with Crippen LogP contribution < -0.4 is 5.84 Å². The van der Waals surface area contributed by atoms with Crippen molar-refractivity contribution in [1.82, 2.24) is 4.98 Å². The van der Waals surface area contributed by atoms with Gasteiger partial charge in [0.05, 0.1) is 11.9 Å². The summed E-state index contributed by atoms with van der Waals surface area (Å²) in [5, 5.41) is 25.6. The first-order valence-electron chi connectivity index (χ1n) is 10.2. The Morgan fingerprint density at radius 2 is 1.78 bits per heavy atom. The molecular formula is C24H22N6O2. The van der Waals surface area contributed by atoms with Gasteiger partial charge in [-0.1, -0.05) is 65.9 Å². The molecule has 1 aliphatic rings. The first-order chi connectivity index (χ1) is 15.7. The second kappa shape index (κ2) is 9.74. The Kier molecular flexibility index (Phi) is 6.41. The number of azo groups is 1. The van der Waals surface area contributed by atoms with Crippen LogP contribution in [0.4, 0.5) is 5.69 Å². The third kappa shape index (κ3) is 4.75. The zero-order valence-electron chi connectivity index (χ0n) is 17.2. The number of allylic oxidation sites excluding steroid dienone is 1. The molecule has 1 aliphatic carbocycles. The van der Waals surface area contributed by atoms with Gasteiger partial charge in [0.2, 0.25) is 0 Å². The molecule has 0 bridgehead atoms. The van der Waals surface area contributed by atoms with Gasteiger partial charge in [0.1, 0.15) is 17.8 Å². The lowest BCUT2D eigenvalue weighted by Crippen LogP contribution is -2.19. The number of hydrogen-bond donors (Lipinski definition) is 2. The van der Waals surface area contributed by atoms with Crippen molar-refractivity contribution in [3.8, 4) is 11.3 Å². The average molecular weight is 426 g/mol. The van der Waals surface area contributed by atoms with Crippen molar-refractivity contribution in [3.63, 3.8) is 0 Å². The summed E-state index contributed by atoms with van der Waals surface area (Å²) < 4.78 is 0. The van der Waals surface area contributed by atoms with Crippen molar-refractivity contribution in [2.75, 3.05) is 0 Å². The van der Waals surface area contributed by atoms with Crippen molar-refractivity contribution in [3.05, 3.63) is 90.1 Å². The first kappa shape index (κ1) is 21.0. The molecule has 0 fully saturated rings. The molecule has 32 heavy (non-hydrogen) atoms. The summed E-state index contributed by atoms with van der Waals surface area (Å²) >= 11 is 0. The number of carboxylic acids is 1. The zero-order chi connectivity index (χ0) is 22.3. The molecule has 0 radical (unpaired) electrons. The van der Waals surface area contributed by atoms with Gasteiger partial charge in [-0.2, -0.15) is 15.3 Å². The maximum Gasteiger partial charge on any atom is 0.303 e. The predicted octanol–water partition coefficient (Wildman–Crippen LogP) is 5.53. The molecule has 3 aromatic rings. The Labute approximate surface area is 185 Å². The molecule has 1 aromatic heterocycles. The van der Waals surface area contributed by atoms with E-state index < -0.39 is 18.1 Å². The summed E-state index contributed by atoms with van der Waals surface area (Å²) in [7, 11) is 0. The van der Waals surface area contributed by atoms with Gasteiger partial charge in [-0.15, -0.1) is 0 Å².